The second-order valence-corrected chi connectivity index (χ2v) is 8.99. The molecule has 2 fully saturated rings. The minimum atomic E-state index is -0.285. The van der Waals surface area contributed by atoms with Crippen LogP contribution in [0.15, 0.2) is 55.0 Å². The molecule has 5 rings (SSSR count). The molecule has 0 aliphatic carbocycles. The third-order valence-electron chi connectivity index (χ3n) is 6.67. The molecule has 35 heavy (non-hydrogen) atoms. The summed E-state index contributed by atoms with van der Waals surface area (Å²) in [5.74, 6) is -0.191. The minimum absolute atomic E-state index is 0.0360. The fraction of sp³-hybridized carbons (Fsp3) is 0.346. The molecule has 3 aromatic rings. The first-order valence-electron chi connectivity index (χ1n) is 11.9. The van der Waals surface area contributed by atoms with Crippen LogP contribution in [-0.4, -0.2) is 69.8 Å². The monoisotopic (exact) mass is 469 g/mol. The number of aromatic nitrogens is 2. The van der Waals surface area contributed by atoms with E-state index in [0.717, 1.165) is 43.4 Å². The maximum absolute atomic E-state index is 12.9. The van der Waals surface area contributed by atoms with E-state index in [-0.39, 0.29) is 23.9 Å². The number of nitriles is 1. The first kappa shape index (κ1) is 22.7. The van der Waals surface area contributed by atoms with Crippen molar-refractivity contribution in [3.63, 3.8) is 0 Å². The van der Waals surface area contributed by atoms with E-state index in [9.17, 15) is 14.9 Å². The van der Waals surface area contributed by atoms with E-state index in [1.165, 1.54) is 0 Å². The van der Waals surface area contributed by atoms with Crippen LogP contribution in [0, 0.1) is 11.3 Å². The Morgan fingerprint density at radius 3 is 2.77 bits per heavy atom. The van der Waals surface area contributed by atoms with Crippen molar-refractivity contribution in [1.29, 1.82) is 5.26 Å². The maximum Gasteiger partial charge on any atom is 0.257 e. The van der Waals surface area contributed by atoms with Gasteiger partial charge in [-0.25, -0.2) is 0 Å². The highest BCUT2D eigenvalue weighted by molar-refractivity contribution is 6.13. The highest BCUT2D eigenvalue weighted by Gasteiger charge is 2.31. The number of carbonyl (C=O) groups is 2. The third-order valence-corrected chi connectivity index (χ3v) is 6.67. The molecule has 9 heteroatoms. The topological polar surface area (TPSA) is 114 Å². The molecule has 9 nitrogen and oxygen atoms in total. The Kier molecular flexibility index (Phi) is 6.55. The van der Waals surface area contributed by atoms with E-state index < -0.39 is 0 Å². The van der Waals surface area contributed by atoms with Crippen LogP contribution in [0.25, 0.3) is 10.9 Å². The molecule has 0 bridgehead atoms. The van der Waals surface area contributed by atoms with Gasteiger partial charge in [-0.3, -0.25) is 24.5 Å². The standard InChI is InChI=1S/C26H27N7O2/c27-15-20-3-2-13-33(20)24(34)17-32-14-9-19(16-32)30-23-6-5-22(25-21(23)4-1-10-29-25)26(35)31-18-7-11-28-12-8-18/h1,4-8,10-12,19-20,30H,2-3,9,13-14,16-17H2,(H,28,31,35)/t19-,20?/m0/s1. The van der Waals surface area contributed by atoms with Crippen LogP contribution >= 0.6 is 0 Å². The number of carbonyl (C=O) groups excluding carboxylic acids is 2. The van der Waals surface area contributed by atoms with Crippen molar-refractivity contribution >= 4 is 34.1 Å². The number of hydrogen-bond acceptors (Lipinski definition) is 7. The highest BCUT2D eigenvalue weighted by Crippen LogP contribution is 2.28. The van der Waals surface area contributed by atoms with E-state index in [1.807, 2.05) is 18.2 Å². The zero-order valence-electron chi connectivity index (χ0n) is 19.4. The van der Waals surface area contributed by atoms with Crippen molar-refractivity contribution in [2.45, 2.75) is 31.3 Å². The number of anilines is 2. The SMILES string of the molecule is N#CC1CCCN1C(=O)CN1CC[C@H](Nc2ccc(C(=O)Nc3ccncc3)c3ncccc23)C1. The fourth-order valence-electron chi connectivity index (χ4n) is 4.91. The van der Waals surface area contributed by atoms with Crippen LogP contribution in [0.5, 0.6) is 0 Å². The van der Waals surface area contributed by atoms with Gasteiger partial charge in [-0.2, -0.15) is 5.26 Å². The molecular formula is C26H27N7O2. The molecule has 178 valence electrons. The zero-order chi connectivity index (χ0) is 24.2. The molecule has 0 spiro atoms. The Labute approximate surface area is 203 Å². The number of hydrogen-bond donors (Lipinski definition) is 2. The van der Waals surface area contributed by atoms with E-state index in [1.54, 1.807) is 41.7 Å². The summed E-state index contributed by atoms with van der Waals surface area (Å²) >= 11 is 0. The molecule has 2 saturated heterocycles. The molecule has 0 saturated carbocycles. The first-order valence-corrected chi connectivity index (χ1v) is 11.9. The minimum Gasteiger partial charge on any atom is -0.380 e. The summed E-state index contributed by atoms with van der Waals surface area (Å²) in [4.78, 5) is 38.0. The lowest BCUT2D eigenvalue weighted by Gasteiger charge is -2.23. The number of fused-ring (bicyclic) bond motifs is 1. The summed E-state index contributed by atoms with van der Waals surface area (Å²) in [6.07, 6.45) is 7.51. The molecule has 4 heterocycles. The van der Waals surface area contributed by atoms with Crippen LogP contribution in [0.2, 0.25) is 0 Å². The Morgan fingerprint density at radius 1 is 1.09 bits per heavy atom. The van der Waals surface area contributed by atoms with Crippen molar-refractivity contribution in [1.82, 2.24) is 19.8 Å². The number of nitrogens with zero attached hydrogens (tertiary/aromatic N) is 5. The summed E-state index contributed by atoms with van der Waals surface area (Å²) in [5.41, 5.74) is 2.72. The summed E-state index contributed by atoms with van der Waals surface area (Å²) in [6, 6.07) is 13.1. The molecule has 1 aromatic carbocycles. The first-order chi connectivity index (χ1) is 17.1. The number of likely N-dealkylation sites (tertiary alicyclic amines) is 2. The number of amides is 2. The third kappa shape index (κ3) is 4.93. The van der Waals surface area contributed by atoms with Gasteiger partial charge in [-0.05, 0) is 55.7 Å². The van der Waals surface area contributed by atoms with Crippen molar-refractivity contribution in [2.24, 2.45) is 0 Å². The Hall–Kier alpha value is -4.03. The molecule has 2 amide bonds. The lowest BCUT2D eigenvalue weighted by molar-refractivity contribution is -0.132. The predicted molar refractivity (Wildman–Crippen MR) is 133 cm³/mol. The van der Waals surface area contributed by atoms with Crippen LogP contribution in [0.4, 0.5) is 11.4 Å². The molecule has 2 atom stereocenters. The number of pyridine rings is 2. The summed E-state index contributed by atoms with van der Waals surface area (Å²) in [7, 11) is 0. The van der Waals surface area contributed by atoms with Crippen molar-refractivity contribution in [2.75, 3.05) is 36.8 Å². The van der Waals surface area contributed by atoms with Gasteiger partial charge in [-0.15, -0.1) is 0 Å². The summed E-state index contributed by atoms with van der Waals surface area (Å²) < 4.78 is 0. The average Bonchev–Trinajstić information content (AvgIpc) is 3.54. The zero-order valence-corrected chi connectivity index (χ0v) is 19.4. The summed E-state index contributed by atoms with van der Waals surface area (Å²) in [6.45, 7) is 2.57. The molecule has 2 aliphatic heterocycles. The van der Waals surface area contributed by atoms with Gasteiger partial charge >= 0.3 is 0 Å². The molecule has 1 unspecified atom stereocenters. The van der Waals surface area contributed by atoms with E-state index in [4.69, 9.17) is 0 Å². The van der Waals surface area contributed by atoms with Crippen molar-refractivity contribution < 1.29 is 9.59 Å². The molecule has 2 aromatic heterocycles. The second kappa shape index (κ2) is 10.1. The predicted octanol–water partition coefficient (Wildman–Crippen LogP) is 2.88. The Morgan fingerprint density at radius 2 is 1.94 bits per heavy atom. The molecule has 0 radical (unpaired) electrons. The van der Waals surface area contributed by atoms with Gasteiger partial charge in [0.2, 0.25) is 5.91 Å². The van der Waals surface area contributed by atoms with Crippen LogP contribution < -0.4 is 10.6 Å². The van der Waals surface area contributed by atoms with Crippen LogP contribution in [0.3, 0.4) is 0 Å². The molecule has 2 aliphatic rings. The van der Waals surface area contributed by atoms with Gasteiger partial charge in [-0.1, -0.05) is 0 Å². The quantitative estimate of drug-likeness (QED) is 0.571. The van der Waals surface area contributed by atoms with E-state index in [0.29, 0.717) is 29.9 Å². The van der Waals surface area contributed by atoms with Gasteiger partial charge in [0.15, 0.2) is 0 Å². The average molecular weight is 470 g/mol. The number of benzene rings is 1. The van der Waals surface area contributed by atoms with Gasteiger partial charge in [0.25, 0.3) is 5.91 Å². The van der Waals surface area contributed by atoms with Gasteiger partial charge in [0.05, 0.1) is 23.7 Å². The summed E-state index contributed by atoms with van der Waals surface area (Å²) in [5, 5.41) is 16.6. The molecule has 2 N–H and O–H groups in total. The Balaban J connectivity index is 1.26. The van der Waals surface area contributed by atoms with Crippen molar-refractivity contribution in [3.8, 4) is 6.07 Å². The largest absolute Gasteiger partial charge is 0.380 e. The fourth-order valence-corrected chi connectivity index (χ4v) is 4.91. The van der Waals surface area contributed by atoms with Crippen LogP contribution in [0.1, 0.15) is 29.6 Å². The van der Waals surface area contributed by atoms with Gasteiger partial charge in [0, 0.05) is 61.0 Å². The molecular weight excluding hydrogens is 442 g/mol. The normalized spacial score (nSPS) is 20.0. The van der Waals surface area contributed by atoms with Crippen LogP contribution in [-0.2, 0) is 4.79 Å². The number of nitrogens with one attached hydrogen (secondary N) is 2. The van der Waals surface area contributed by atoms with Gasteiger partial charge in [0.1, 0.15) is 6.04 Å². The Bertz CT molecular complexity index is 1270. The smallest absolute Gasteiger partial charge is 0.257 e. The lowest BCUT2D eigenvalue weighted by Crippen LogP contribution is -2.42. The maximum atomic E-state index is 12.9. The van der Waals surface area contributed by atoms with Gasteiger partial charge < -0.3 is 15.5 Å². The van der Waals surface area contributed by atoms with E-state index >= 15 is 0 Å². The van der Waals surface area contributed by atoms with E-state index in [2.05, 4.69) is 31.6 Å². The number of rotatable bonds is 6. The van der Waals surface area contributed by atoms with Crippen molar-refractivity contribution in [3.05, 3.63) is 60.6 Å². The second-order valence-electron chi connectivity index (χ2n) is 8.99. The lowest BCUT2D eigenvalue weighted by atomic mass is 10.1. The highest BCUT2D eigenvalue weighted by atomic mass is 16.2.